The van der Waals surface area contributed by atoms with E-state index in [-0.39, 0.29) is 23.6 Å². The van der Waals surface area contributed by atoms with Crippen molar-refractivity contribution in [2.45, 2.75) is 17.9 Å². The lowest BCUT2D eigenvalue weighted by Crippen LogP contribution is -2.49. The number of carbonyl (C=O) groups excluding carboxylic acids is 1. The average Bonchev–Trinajstić information content (AvgIpc) is 2.30. The van der Waals surface area contributed by atoms with Gasteiger partial charge in [0.15, 0.2) is 9.84 Å². The zero-order valence-electron chi connectivity index (χ0n) is 10.3. The number of benzene rings is 1. The van der Waals surface area contributed by atoms with Crippen molar-refractivity contribution in [3.05, 3.63) is 29.6 Å². The van der Waals surface area contributed by atoms with Crippen LogP contribution in [0.5, 0.6) is 0 Å². The van der Waals surface area contributed by atoms with Crippen molar-refractivity contribution in [2.24, 2.45) is 0 Å². The summed E-state index contributed by atoms with van der Waals surface area (Å²) in [7, 11) is -3.10. The summed E-state index contributed by atoms with van der Waals surface area (Å²) in [4.78, 5) is 14.1. The molecular formula is C12H14FNO3S2. The van der Waals surface area contributed by atoms with E-state index in [1.807, 2.05) is 0 Å². The summed E-state index contributed by atoms with van der Waals surface area (Å²) in [5.74, 6) is -1.27. The van der Waals surface area contributed by atoms with Gasteiger partial charge in [-0.2, -0.15) is 0 Å². The molecule has 1 saturated heterocycles. The molecule has 1 heterocycles. The third kappa shape index (κ3) is 3.09. The lowest BCUT2D eigenvalue weighted by molar-refractivity contribution is 0.0707. The zero-order valence-corrected chi connectivity index (χ0v) is 12.0. The monoisotopic (exact) mass is 303 g/mol. The first-order chi connectivity index (χ1) is 8.80. The van der Waals surface area contributed by atoms with Gasteiger partial charge in [-0.25, -0.2) is 12.8 Å². The molecule has 2 rings (SSSR count). The van der Waals surface area contributed by atoms with Crippen LogP contribution in [0, 0.1) is 5.82 Å². The zero-order chi connectivity index (χ0) is 14.2. The van der Waals surface area contributed by atoms with Crippen molar-refractivity contribution < 1.29 is 17.6 Å². The highest BCUT2D eigenvalue weighted by atomic mass is 32.2. The molecule has 0 aliphatic carbocycles. The molecular weight excluding hydrogens is 289 g/mol. The molecule has 1 atom stereocenters. The van der Waals surface area contributed by atoms with Crippen LogP contribution < -0.4 is 0 Å². The predicted octanol–water partition coefficient (Wildman–Crippen LogP) is 1.37. The summed E-state index contributed by atoms with van der Waals surface area (Å²) in [5, 5.41) is 0. The Morgan fingerprint density at radius 1 is 1.47 bits per heavy atom. The second kappa shape index (κ2) is 5.13. The first-order valence-corrected chi connectivity index (χ1v) is 8.07. The normalized spacial score (nSPS) is 22.3. The first-order valence-electron chi connectivity index (χ1n) is 5.80. The van der Waals surface area contributed by atoms with Crippen LogP contribution in [-0.4, -0.2) is 43.3 Å². The molecule has 1 fully saturated rings. The predicted molar refractivity (Wildman–Crippen MR) is 72.8 cm³/mol. The van der Waals surface area contributed by atoms with Gasteiger partial charge in [0, 0.05) is 17.5 Å². The largest absolute Gasteiger partial charge is 0.334 e. The van der Waals surface area contributed by atoms with Crippen LogP contribution in [0.1, 0.15) is 17.3 Å². The number of hydrogen-bond acceptors (Lipinski definition) is 4. The van der Waals surface area contributed by atoms with Gasteiger partial charge < -0.3 is 4.90 Å². The summed E-state index contributed by atoms with van der Waals surface area (Å²) < 4.78 is 36.6. The summed E-state index contributed by atoms with van der Waals surface area (Å²) in [6.07, 6.45) is 0. The van der Waals surface area contributed by atoms with Crippen LogP contribution in [0.15, 0.2) is 23.1 Å². The van der Waals surface area contributed by atoms with Crippen LogP contribution in [0.25, 0.3) is 0 Å². The van der Waals surface area contributed by atoms with Crippen molar-refractivity contribution in [1.82, 2.24) is 4.90 Å². The number of amides is 1. The molecule has 104 valence electrons. The topological polar surface area (TPSA) is 54.5 Å². The highest BCUT2D eigenvalue weighted by Gasteiger charge is 2.32. The standard InChI is InChI=1S/C12H14FNO3S2/c1-8-7-19(16,17)5-4-14(8)12(15)10-6-9(18)2-3-11(10)13/h2-3,6,8,18H,4-5,7H2,1H3. The highest BCUT2D eigenvalue weighted by molar-refractivity contribution is 7.91. The van der Waals surface area contributed by atoms with E-state index in [9.17, 15) is 17.6 Å². The van der Waals surface area contributed by atoms with Crippen LogP contribution in [0.4, 0.5) is 4.39 Å². The number of nitrogens with zero attached hydrogens (tertiary/aromatic N) is 1. The molecule has 0 N–H and O–H groups in total. The van der Waals surface area contributed by atoms with Crippen molar-refractivity contribution in [2.75, 3.05) is 18.1 Å². The number of rotatable bonds is 1. The third-order valence-electron chi connectivity index (χ3n) is 3.11. The van der Waals surface area contributed by atoms with Gasteiger partial charge in [-0.1, -0.05) is 0 Å². The molecule has 1 aliphatic rings. The molecule has 0 aromatic heterocycles. The van der Waals surface area contributed by atoms with E-state index in [1.54, 1.807) is 6.92 Å². The molecule has 0 saturated carbocycles. The third-order valence-corrected chi connectivity index (χ3v) is 5.18. The Morgan fingerprint density at radius 3 is 2.79 bits per heavy atom. The number of halogens is 1. The summed E-state index contributed by atoms with van der Waals surface area (Å²) >= 11 is 4.08. The Hall–Kier alpha value is -1.08. The van der Waals surface area contributed by atoms with Crippen molar-refractivity contribution in [1.29, 1.82) is 0 Å². The Balaban J connectivity index is 2.27. The molecule has 19 heavy (non-hydrogen) atoms. The Kier molecular flexibility index (Phi) is 3.87. The van der Waals surface area contributed by atoms with E-state index < -0.39 is 27.6 Å². The Labute approximate surface area is 116 Å². The smallest absolute Gasteiger partial charge is 0.257 e. The maximum atomic E-state index is 13.7. The van der Waals surface area contributed by atoms with Gasteiger partial charge in [0.1, 0.15) is 5.82 Å². The summed E-state index contributed by atoms with van der Waals surface area (Å²) in [5.41, 5.74) is -0.0707. The van der Waals surface area contributed by atoms with Gasteiger partial charge in [0.2, 0.25) is 0 Å². The second-order valence-corrected chi connectivity index (χ2v) is 7.37. The molecule has 4 nitrogen and oxygen atoms in total. The van der Waals surface area contributed by atoms with Crippen LogP contribution in [0.3, 0.4) is 0 Å². The molecule has 1 unspecified atom stereocenters. The lowest BCUT2D eigenvalue weighted by Gasteiger charge is -2.33. The summed E-state index contributed by atoms with van der Waals surface area (Å²) in [6, 6.07) is 3.55. The minimum Gasteiger partial charge on any atom is -0.334 e. The Bertz CT molecular complexity index is 615. The number of carbonyl (C=O) groups is 1. The maximum absolute atomic E-state index is 13.7. The van der Waals surface area contributed by atoms with Crippen molar-refractivity contribution in [3.8, 4) is 0 Å². The van der Waals surface area contributed by atoms with Gasteiger partial charge >= 0.3 is 0 Å². The van der Waals surface area contributed by atoms with E-state index in [0.717, 1.165) is 0 Å². The van der Waals surface area contributed by atoms with Gasteiger partial charge in [-0.3, -0.25) is 4.79 Å². The van der Waals surface area contributed by atoms with E-state index in [2.05, 4.69) is 12.6 Å². The molecule has 0 radical (unpaired) electrons. The second-order valence-electron chi connectivity index (χ2n) is 4.63. The molecule has 1 aliphatic heterocycles. The van der Waals surface area contributed by atoms with Crippen molar-refractivity contribution >= 4 is 28.4 Å². The van der Waals surface area contributed by atoms with Crippen LogP contribution in [0.2, 0.25) is 0 Å². The minimum atomic E-state index is -3.10. The minimum absolute atomic E-state index is 0.0707. The highest BCUT2D eigenvalue weighted by Crippen LogP contribution is 2.19. The molecule has 0 spiro atoms. The van der Waals surface area contributed by atoms with E-state index in [0.29, 0.717) is 4.90 Å². The Morgan fingerprint density at radius 2 is 2.16 bits per heavy atom. The van der Waals surface area contributed by atoms with Crippen LogP contribution >= 0.6 is 12.6 Å². The van der Waals surface area contributed by atoms with E-state index in [4.69, 9.17) is 0 Å². The van der Waals surface area contributed by atoms with Crippen LogP contribution in [-0.2, 0) is 9.84 Å². The SMILES string of the molecule is CC1CS(=O)(=O)CCN1C(=O)c1cc(S)ccc1F. The lowest BCUT2D eigenvalue weighted by atomic mass is 10.1. The maximum Gasteiger partial charge on any atom is 0.257 e. The fourth-order valence-corrected chi connectivity index (χ4v) is 3.89. The molecule has 1 amide bonds. The molecule has 7 heteroatoms. The van der Waals surface area contributed by atoms with Gasteiger partial charge in [0.25, 0.3) is 5.91 Å². The van der Waals surface area contributed by atoms with Gasteiger partial charge in [-0.05, 0) is 25.1 Å². The van der Waals surface area contributed by atoms with Gasteiger partial charge in [-0.15, -0.1) is 12.6 Å². The molecule has 1 aromatic carbocycles. The number of sulfone groups is 1. The number of thiol groups is 1. The fourth-order valence-electron chi connectivity index (χ4n) is 2.13. The molecule has 1 aromatic rings. The van der Waals surface area contributed by atoms with Crippen molar-refractivity contribution in [3.63, 3.8) is 0 Å². The molecule has 0 bridgehead atoms. The first kappa shape index (κ1) is 14.3. The fraction of sp³-hybridized carbons (Fsp3) is 0.417. The van der Waals surface area contributed by atoms with E-state index in [1.165, 1.54) is 23.1 Å². The van der Waals surface area contributed by atoms with E-state index >= 15 is 0 Å². The average molecular weight is 303 g/mol. The number of hydrogen-bond donors (Lipinski definition) is 1. The quantitative estimate of drug-likeness (QED) is 0.797. The van der Waals surface area contributed by atoms with Gasteiger partial charge in [0.05, 0.1) is 17.1 Å². The summed E-state index contributed by atoms with van der Waals surface area (Å²) in [6.45, 7) is 1.75.